The van der Waals surface area contributed by atoms with Crippen molar-refractivity contribution in [2.45, 2.75) is 51.7 Å². The molecule has 0 spiro atoms. The van der Waals surface area contributed by atoms with Gasteiger partial charge in [0.1, 0.15) is 34.7 Å². The maximum absolute atomic E-state index is 13.5. The predicted octanol–water partition coefficient (Wildman–Crippen LogP) is 3.26. The quantitative estimate of drug-likeness (QED) is 0.109. The van der Waals surface area contributed by atoms with Gasteiger partial charge in [0.25, 0.3) is 0 Å². The molecule has 4 rings (SSSR count). The zero-order chi connectivity index (χ0) is 32.2. The Morgan fingerprint density at radius 1 is 1.20 bits per heavy atom. The lowest BCUT2D eigenvalue weighted by Gasteiger charge is -2.49. The Kier molecular flexibility index (Phi) is 10.6. The summed E-state index contributed by atoms with van der Waals surface area (Å²) in [6.07, 6.45) is -0.374. The highest BCUT2D eigenvalue weighted by atomic mass is 35.5. The average molecular weight is 666 g/mol. The number of methoxy groups -OCH3 is 1. The SMILES string of the molecule is COc1ccc(COC(=O)C2=C(CCl)C[S@](=O)C3C(CC(=O)/C(=N/OCC(=O)OC(C)(C)C)c4csc(C)n4)C(=O)N23)cc1. The van der Waals surface area contributed by atoms with Gasteiger partial charge in [0.05, 0.1) is 23.8 Å². The Morgan fingerprint density at radius 3 is 2.50 bits per heavy atom. The summed E-state index contributed by atoms with van der Waals surface area (Å²) in [5, 5.41) is 5.18. The van der Waals surface area contributed by atoms with Crippen LogP contribution < -0.4 is 4.74 Å². The number of alkyl halides is 1. The molecule has 0 radical (unpaired) electrons. The van der Waals surface area contributed by atoms with Crippen molar-refractivity contribution in [2.75, 3.05) is 25.3 Å². The first kappa shape index (κ1) is 33.3. The number of oxime groups is 1. The molecule has 2 unspecified atom stereocenters. The first-order valence-electron chi connectivity index (χ1n) is 13.5. The Morgan fingerprint density at radius 2 is 1.91 bits per heavy atom. The fraction of sp³-hybridized carbons (Fsp3) is 0.448. The van der Waals surface area contributed by atoms with E-state index in [0.29, 0.717) is 21.9 Å². The molecule has 12 nitrogen and oxygen atoms in total. The van der Waals surface area contributed by atoms with E-state index in [0.717, 1.165) is 4.90 Å². The van der Waals surface area contributed by atoms with Crippen LogP contribution in [-0.2, 0) is 50.9 Å². The van der Waals surface area contributed by atoms with E-state index < -0.39 is 57.9 Å². The molecule has 0 N–H and O–H groups in total. The number of nitrogens with zero attached hydrogens (tertiary/aromatic N) is 3. The van der Waals surface area contributed by atoms with Crippen LogP contribution in [-0.4, -0.2) is 79.8 Å². The smallest absolute Gasteiger partial charge is 0.355 e. The van der Waals surface area contributed by atoms with Gasteiger partial charge in [-0.3, -0.25) is 18.7 Å². The molecule has 44 heavy (non-hydrogen) atoms. The van der Waals surface area contributed by atoms with Crippen LogP contribution in [0.25, 0.3) is 0 Å². The summed E-state index contributed by atoms with van der Waals surface area (Å²) in [4.78, 5) is 62.6. The van der Waals surface area contributed by atoms with Crippen LogP contribution in [0.2, 0.25) is 0 Å². The molecule has 1 saturated heterocycles. The van der Waals surface area contributed by atoms with E-state index in [4.69, 9.17) is 30.6 Å². The van der Waals surface area contributed by atoms with Crippen LogP contribution in [0.4, 0.5) is 0 Å². The second kappa shape index (κ2) is 14.0. The lowest BCUT2D eigenvalue weighted by atomic mass is 9.89. The van der Waals surface area contributed by atoms with Gasteiger partial charge in [-0.1, -0.05) is 17.3 Å². The number of carbonyl (C=O) groups is 4. The number of thiazole rings is 1. The van der Waals surface area contributed by atoms with Crippen molar-refractivity contribution >= 4 is 63.1 Å². The second-order valence-corrected chi connectivity index (χ2v) is 13.8. The monoisotopic (exact) mass is 665 g/mol. The summed E-state index contributed by atoms with van der Waals surface area (Å²) in [6, 6.07) is 6.91. The topological polar surface area (TPSA) is 151 Å². The highest BCUT2D eigenvalue weighted by Crippen LogP contribution is 2.41. The third kappa shape index (κ3) is 7.71. The number of hydrogen-bond donors (Lipinski definition) is 0. The van der Waals surface area contributed by atoms with Crippen molar-refractivity contribution in [3.8, 4) is 5.75 Å². The first-order chi connectivity index (χ1) is 20.8. The number of Topliss-reactive ketones (excluding diaryl/α,β-unsaturated/α-hetero) is 1. The molecule has 15 heteroatoms. The number of fused-ring (bicyclic) bond motifs is 1. The van der Waals surface area contributed by atoms with E-state index in [-0.39, 0.29) is 41.8 Å². The molecular formula is C29H32ClN3O9S2. The normalized spacial score (nSPS) is 20.0. The van der Waals surface area contributed by atoms with Crippen molar-refractivity contribution in [3.05, 3.63) is 57.2 Å². The van der Waals surface area contributed by atoms with Gasteiger partial charge in [0.15, 0.2) is 11.5 Å². The molecule has 1 amide bonds. The van der Waals surface area contributed by atoms with E-state index in [1.54, 1.807) is 57.3 Å². The summed E-state index contributed by atoms with van der Waals surface area (Å²) in [5.74, 6) is -3.19. The molecule has 3 heterocycles. The zero-order valence-electron chi connectivity index (χ0n) is 24.8. The summed E-state index contributed by atoms with van der Waals surface area (Å²) >= 11 is 7.36. The fourth-order valence-electron chi connectivity index (χ4n) is 4.56. The molecule has 2 aliphatic rings. The Balaban J connectivity index is 1.49. The number of ketones is 1. The number of ether oxygens (including phenoxy) is 3. The number of carbonyl (C=O) groups excluding carboxylic acids is 4. The minimum atomic E-state index is -1.64. The number of benzene rings is 1. The van der Waals surface area contributed by atoms with Crippen LogP contribution in [0.1, 0.15) is 43.5 Å². The number of aryl methyl sites for hydroxylation is 1. The number of hydrogen-bond acceptors (Lipinski definition) is 12. The number of amides is 1. The van der Waals surface area contributed by atoms with Crippen LogP contribution in [0.5, 0.6) is 5.75 Å². The van der Waals surface area contributed by atoms with E-state index in [2.05, 4.69) is 10.1 Å². The maximum Gasteiger partial charge on any atom is 0.355 e. The minimum Gasteiger partial charge on any atom is -0.497 e. The van der Waals surface area contributed by atoms with Crippen molar-refractivity contribution in [2.24, 2.45) is 11.1 Å². The van der Waals surface area contributed by atoms with E-state index in [9.17, 15) is 23.4 Å². The number of rotatable bonds is 12. The summed E-state index contributed by atoms with van der Waals surface area (Å²) < 4.78 is 29.0. The Hall–Kier alpha value is -3.62. The van der Waals surface area contributed by atoms with Gasteiger partial charge in [0, 0.05) is 28.5 Å². The van der Waals surface area contributed by atoms with Gasteiger partial charge in [-0.15, -0.1) is 22.9 Å². The fourth-order valence-corrected chi connectivity index (χ4v) is 7.27. The van der Waals surface area contributed by atoms with Gasteiger partial charge >= 0.3 is 11.9 Å². The largest absolute Gasteiger partial charge is 0.497 e. The maximum atomic E-state index is 13.5. The van der Waals surface area contributed by atoms with Gasteiger partial charge in [-0.25, -0.2) is 14.6 Å². The summed E-state index contributed by atoms with van der Waals surface area (Å²) in [7, 11) is -0.0990. The van der Waals surface area contributed by atoms with Gasteiger partial charge in [-0.05, 0) is 51.0 Å². The Bertz CT molecular complexity index is 1530. The number of halogens is 1. The number of β-lactam (4-membered cyclic amide) rings is 1. The Labute approximate surface area is 265 Å². The first-order valence-corrected chi connectivity index (χ1v) is 16.3. The molecule has 3 atom stereocenters. The van der Waals surface area contributed by atoms with Crippen molar-refractivity contribution in [1.29, 1.82) is 0 Å². The number of esters is 2. The lowest BCUT2D eigenvalue weighted by molar-refractivity contribution is -0.160. The molecular weight excluding hydrogens is 634 g/mol. The highest BCUT2D eigenvalue weighted by molar-refractivity contribution is 7.86. The van der Waals surface area contributed by atoms with Gasteiger partial charge in [0.2, 0.25) is 12.5 Å². The van der Waals surface area contributed by atoms with Gasteiger partial charge < -0.3 is 19.0 Å². The third-order valence-electron chi connectivity index (χ3n) is 6.49. The molecule has 1 aromatic heterocycles. The minimum absolute atomic E-state index is 0.0547. The molecule has 2 aromatic rings. The zero-order valence-corrected chi connectivity index (χ0v) is 27.2. The number of aromatic nitrogens is 1. The van der Waals surface area contributed by atoms with Crippen LogP contribution >= 0.6 is 22.9 Å². The van der Waals surface area contributed by atoms with E-state index in [1.807, 2.05) is 0 Å². The van der Waals surface area contributed by atoms with Crippen molar-refractivity contribution < 1.29 is 42.4 Å². The second-order valence-electron chi connectivity index (χ2n) is 10.9. The average Bonchev–Trinajstić information content (AvgIpc) is 3.40. The summed E-state index contributed by atoms with van der Waals surface area (Å²) in [5.41, 5.74) is 0.231. The van der Waals surface area contributed by atoms with Crippen LogP contribution in [0.3, 0.4) is 0 Å². The lowest BCUT2D eigenvalue weighted by Crippen LogP contribution is -2.66. The molecule has 236 valence electrons. The molecule has 0 saturated carbocycles. The van der Waals surface area contributed by atoms with Crippen molar-refractivity contribution in [1.82, 2.24) is 9.88 Å². The van der Waals surface area contributed by atoms with Crippen LogP contribution in [0, 0.1) is 12.8 Å². The van der Waals surface area contributed by atoms with Gasteiger partial charge in [-0.2, -0.15) is 0 Å². The predicted molar refractivity (Wildman–Crippen MR) is 162 cm³/mol. The summed E-state index contributed by atoms with van der Waals surface area (Å²) in [6.45, 7) is 6.22. The van der Waals surface area contributed by atoms with E-state index in [1.165, 1.54) is 18.4 Å². The molecule has 0 aliphatic carbocycles. The van der Waals surface area contributed by atoms with Crippen LogP contribution in [0.15, 0.2) is 46.1 Å². The standard InChI is InChI=1S/C29H32ClN3O9S2/c1-16-31-21(14-43-16)24(32-41-13-23(35)42-29(2,3)4)22(34)10-20-26(36)33-25(18(11-30)15-44(38)27(20)33)28(37)40-12-17-6-8-19(39-5)9-7-17/h6-9,14,20,27H,10-13,15H2,1-5H3/b32-24+/t20?,27?,44-/m0/s1. The molecule has 0 bridgehead atoms. The molecule has 1 fully saturated rings. The van der Waals surface area contributed by atoms with Crippen molar-refractivity contribution in [3.63, 3.8) is 0 Å². The molecule has 1 aromatic carbocycles. The molecule has 2 aliphatic heterocycles. The highest BCUT2D eigenvalue weighted by Gasteiger charge is 2.57. The third-order valence-corrected chi connectivity index (χ3v) is 9.30. The van der Waals surface area contributed by atoms with E-state index >= 15 is 0 Å².